The maximum atomic E-state index is 12.5. The number of ether oxygens (including phenoxy) is 3. The summed E-state index contributed by atoms with van der Waals surface area (Å²) in [5, 5.41) is 5.72. The second kappa shape index (κ2) is 9.71. The molecule has 2 N–H and O–H groups in total. The highest BCUT2D eigenvalue weighted by Crippen LogP contribution is 2.40. The molecule has 2 aromatic rings. The molecular weight excluding hydrogens is 344 g/mol. The molecule has 146 valence electrons. The van der Waals surface area contributed by atoms with E-state index in [0.29, 0.717) is 42.8 Å². The van der Waals surface area contributed by atoms with Gasteiger partial charge in [-0.2, -0.15) is 0 Å². The highest BCUT2D eigenvalue weighted by atomic mass is 16.5. The lowest BCUT2D eigenvalue weighted by atomic mass is 10.1. The molecule has 2 aromatic carbocycles. The summed E-state index contributed by atoms with van der Waals surface area (Å²) in [6.07, 6.45) is 0. The number of hydrogen-bond donors (Lipinski definition) is 2. The van der Waals surface area contributed by atoms with E-state index < -0.39 is 0 Å². The first-order valence-corrected chi connectivity index (χ1v) is 9.20. The van der Waals surface area contributed by atoms with Gasteiger partial charge in [0.25, 0.3) is 0 Å². The van der Waals surface area contributed by atoms with Crippen LogP contribution in [0.3, 0.4) is 0 Å². The lowest BCUT2D eigenvalue weighted by Gasteiger charge is -2.18. The van der Waals surface area contributed by atoms with E-state index >= 15 is 0 Å². The number of amides is 2. The number of nitrogens with one attached hydrogen (secondary N) is 2. The minimum Gasteiger partial charge on any atom is -0.490 e. The van der Waals surface area contributed by atoms with Crippen molar-refractivity contribution < 1.29 is 19.0 Å². The third kappa shape index (κ3) is 5.29. The lowest BCUT2D eigenvalue weighted by Crippen LogP contribution is -2.20. The van der Waals surface area contributed by atoms with Crippen molar-refractivity contribution in [2.45, 2.75) is 34.6 Å². The summed E-state index contributed by atoms with van der Waals surface area (Å²) in [6.45, 7) is 11.1. The molecule has 0 radical (unpaired) electrons. The number of anilines is 2. The van der Waals surface area contributed by atoms with Crippen molar-refractivity contribution in [3.63, 3.8) is 0 Å². The number of rotatable bonds is 8. The molecule has 0 bridgehead atoms. The Kier molecular flexibility index (Phi) is 7.34. The van der Waals surface area contributed by atoms with Gasteiger partial charge < -0.3 is 24.8 Å². The minimum atomic E-state index is -0.335. The van der Waals surface area contributed by atoms with Crippen LogP contribution >= 0.6 is 0 Å². The summed E-state index contributed by atoms with van der Waals surface area (Å²) in [7, 11) is 0. The topological polar surface area (TPSA) is 68.8 Å². The van der Waals surface area contributed by atoms with Gasteiger partial charge in [-0.25, -0.2) is 4.79 Å². The Morgan fingerprint density at radius 2 is 1.48 bits per heavy atom. The van der Waals surface area contributed by atoms with Crippen LogP contribution in [0.15, 0.2) is 30.3 Å². The number of carbonyl (C=O) groups is 1. The van der Waals surface area contributed by atoms with Crippen LogP contribution in [0, 0.1) is 13.8 Å². The van der Waals surface area contributed by atoms with Crippen molar-refractivity contribution >= 4 is 17.4 Å². The molecule has 0 unspecified atom stereocenters. The number of carbonyl (C=O) groups excluding carboxylic acids is 1. The van der Waals surface area contributed by atoms with E-state index in [1.54, 1.807) is 12.1 Å². The standard InChI is InChI=1S/C21H28N2O4/c1-6-25-18-12-16(13-19(26-7-2)20(18)27-8-3)22-21(24)23-17-11-9-10-14(4)15(17)5/h9-13H,6-8H2,1-5H3,(H2,22,23,24). The molecule has 0 aliphatic rings. The molecule has 0 atom stereocenters. The number of hydrogen-bond acceptors (Lipinski definition) is 4. The summed E-state index contributed by atoms with van der Waals surface area (Å²) in [4.78, 5) is 12.5. The van der Waals surface area contributed by atoms with Crippen LogP contribution in [0.2, 0.25) is 0 Å². The van der Waals surface area contributed by atoms with Gasteiger partial charge in [0.1, 0.15) is 0 Å². The van der Waals surface area contributed by atoms with Crippen molar-refractivity contribution in [1.82, 2.24) is 0 Å². The van der Waals surface area contributed by atoms with Gasteiger partial charge in [-0.15, -0.1) is 0 Å². The Labute approximate surface area is 160 Å². The van der Waals surface area contributed by atoms with E-state index in [-0.39, 0.29) is 6.03 Å². The van der Waals surface area contributed by atoms with Crippen molar-refractivity contribution in [2.75, 3.05) is 30.5 Å². The molecule has 0 saturated carbocycles. The smallest absolute Gasteiger partial charge is 0.323 e. The van der Waals surface area contributed by atoms with Gasteiger partial charge in [-0.1, -0.05) is 12.1 Å². The zero-order valence-corrected chi connectivity index (χ0v) is 16.6. The van der Waals surface area contributed by atoms with Crippen LogP contribution in [0.1, 0.15) is 31.9 Å². The summed E-state index contributed by atoms with van der Waals surface area (Å²) in [5.74, 6) is 1.61. The minimum absolute atomic E-state index is 0.335. The first-order valence-electron chi connectivity index (χ1n) is 9.20. The van der Waals surface area contributed by atoms with E-state index in [2.05, 4.69) is 10.6 Å². The van der Waals surface area contributed by atoms with Crippen molar-refractivity contribution in [3.8, 4) is 17.2 Å². The van der Waals surface area contributed by atoms with Crippen LogP contribution in [-0.4, -0.2) is 25.9 Å². The average molecular weight is 372 g/mol. The zero-order valence-electron chi connectivity index (χ0n) is 16.6. The highest BCUT2D eigenvalue weighted by Gasteiger charge is 2.16. The van der Waals surface area contributed by atoms with Crippen LogP contribution in [0.25, 0.3) is 0 Å². The van der Waals surface area contributed by atoms with Gasteiger partial charge in [-0.05, 0) is 51.8 Å². The molecule has 0 spiro atoms. The van der Waals surface area contributed by atoms with E-state index in [0.717, 1.165) is 16.8 Å². The van der Waals surface area contributed by atoms with E-state index in [1.165, 1.54) is 0 Å². The Hall–Kier alpha value is -2.89. The van der Waals surface area contributed by atoms with Crippen LogP contribution < -0.4 is 24.8 Å². The first kappa shape index (κ1) is 20.4. The van der Waals surface area contributed by atoms with Crippen molar-refractivity contribution in [3.05, 3.63) is 41.5 Å². The Morgan fingerprint density at radius 3 is 2.04 bits per heavy atom. The fourth-order valence-corrected chi connectivity index (χ4v) is 2.63. The largest absolute Gasteiger partial charge is 0.490 e. The maximum absolute atomic E-state index is 12.5. The van der Waals surface area contributed by atoms with Gasteiger partial charge in [0.05, 0.1) is 25.5 Å². The molecule has 0 aliphatic heterocycles. The molecule has 0 aromatic heterocycles. The van der Waals surface area contributed by atoms with Gasteiger partial charge in [-0.3, -0.25) is 0 Å². The van der Waals surface area contributed by atoms with Crippen molar-refractivity contribution in [2.24, 2.45) is 0 Å². The van der Waals surface area contributed by atoms with Gasteiger partial charge in [0, 0.05) is 17.8 Å². The third-order valence-corrected chi connectivity index (χ3v) is 4.02. The monoisotopic (exact) mass is 372 g/mol. The normalized spacial score (nSPS) is 10.3. The van der Waals surface area contributed by atoms with Crippen LogP contribution in [0.5, 0.6) is 17.2 Å². The average Bonchev–Trinajstić information content (AvgIpc) is 2.62. The summed E-state index contributed by atoms with van der Waals surface area (Å²) in [5.41, 5.74) is 3.48. The fourth-order valence-electron chi connectivity index (χ4n) is 2.63. The zero-order chi connectivity index (χ0) is 19.8. The molecule has 0 saturated heterocycles. The molecule has 27 heavy (non-hydrogen) atoms. The Morgan fingerprint density at radius 1 is 0.889 bits per heavy atom. The quantitative estimate of drug-likeness (QED) is 0.673. The second-order valence-electron chi connectivity index (χ2n) is 5.93. The molecule has 6 nitrogen and oxygen atoms in total. The summed E-state index contributed by atoms with van der Waals surface area (Å²) in [6, 6.07) is 8.93. The third-order valence-electron chi connectivity index (χ3n) is 4.02. The van der Waals surface area contributed by atoms with Gasteiger partial charge in [0.2, 0.25) is 5.75 Å². The van der Waals surface area contributed by atoms with E-state index in [9.17, 15) is 4.79 Å². The second-order valence-corrected chi connectivity index (χ2v) is 5.93. The summed E-state index contributed by atoms with van der Waals surface area (Å²) < 4.78 is 17.0. The molecule has 0 fully saturated rings. The molecule has 2 rings (SSSR count). The fraction of sp³-hybridized carbons (Fsp3) is 0.381. The van der Waals surface area contributed by atoms with Crippen LogP contribution in [-0.2, 0) is 0 Å². The lowest BCUT2D eigenvalue weighted by molar-refractivity contribution is 0.260. The predicted molar refractivity (Wildman–Crippen MR) is 109 cm³/mol. The highest BCUT2D eigenvalue weighted by molar-refractivity contribution is 6.00. The number of benzene rings is 2. The molecule has 6 heteroatoms. The van der Waals surface area contributed by atoms with E-state index in [1.807, 2.05) is 52.8 Å². The molecular formula is C21H28N2O4. The van der Waals surface area contributed by atoms with Gasteiger partial charge in [0.15, 0.2) is 11.5 Å². The van der Waals surface area contributed by atoms with Crippen molar-refractivity contribution in [1.29, 1.82) is 0 Å². The number of urea groups is 1. The number of aryl methyl sites for hydroxylation is 1. The predicted octanol–water partition coefficient (Wildman–Crippen LogP) is 5.14. The Balaban J connectivity index is 2.26. The maximum Gasteiger partial charge on any atom is 0.323 e. The first-order chi connectivity index (χ1) is 13.0. The SMILES string of the molecule is CCOc1cc(NC(=O)Nc2cccc(C)c2C)cc(OCC)c1OCC. The van der Waals surface area contributed by atoms with Crippen LogP contribution in [0.4, 0.5) is 16.2 Å². The van der Waals surface area contributed by atoms with E-state index in [4.69, 9.17) is 14.2 Å². The molecule has 2 amide bonds. The summed E-state index contributed by atoms with van der Waals surface area (Å²) >= 11 is 0. The molecule has 0 heterocycles. The molecule has 0 aliphatic carbocycles. The van der Waals surface area contributed by atoms with Gasteiger partial charge >= 0.3 is 6.03 Å². The Bertz CT molecular complexity index is 763.